The molecule has 2 rings (SSSR count). The number of dihydropyridines is 1. The predicted molar refractivity (Wildman–Crippen MR) is 62.2 cm³/mol. The fourth-order valence-electron chi connectivity index (χ4n) is 1.33. The Kier molecular flexibility index (Phi) is 3.11. The van der Waals surface area contributed by atoms with Crippen LogP contribution in [0.25, 0.3) is 0 Å². The van der Waals surface area contributed by atoms with Crippen molar-refractivity contribution in [2.45, 2.75) is 11.8 Å². The zero-order chi connectivity index (χ0) is 10.7. The summed E-state index contributed by atoms with van der Waals surface area (Å²) in [6, 6.07) is 5.32. The van der Waals surface area contributed by atoms with Gasteiger partial charge in [0.1, 0.15) is 5.82 Å². The highest BCUT2D eigenvalue weighted by Gasteiger charge is 2.05. The number of rotatable bonds is 2. The first kappa shape index (κ1) is 10.3. The number of aryl methyl sites for hydroxylation is 1. The van der Waals surface area contributed by atoms with Crippen molar-refractivity contribution in [2.24, 2.45) is 0 Å². The second-order valence-electron chi connectivity index (χ2n) is 3.38. The van der Waals surface area contributed by atoms with Crippen molar-refractivity contribution in [2.75, 3.05) is 6.54 Å². The van der Waals surface area contributed by atoms with Crippen molar-refractivity contribution in [3.05, 3.63) is 52.8 Å². The molecule has 3 heteroatoms. The average molecular weight is 221 g/mol. The van der Waals surface area contributed by atoms with Crippen LogP contribution in [0.1, 0.15) is 5.56 Å². The molecule has 1 heterocycles. The SMILES string of the molecule is Cc1ccc(SC2=CCNC=C2)c(F)c1. The third-order valence-electron chi connectivity index (χ3n) is 2.10. The van der Waals surface area contributed by atoms with Crippen LogP contribution < -0.4 is 5.32 Å². The molecule has 0 bridgehead atoms. The first-order valence-electron chi connectivity index (χ1n) is 4.80. The number of nitrogens with one attached hydrogen (secondary N) is 1. The molecule has 0 saturated carbocycles. The van der Waals surface area contributed by atoms with E-state index >= 15 is 0 Å². The van der Waals surface area contributed by atoms with Gasteiger partial charge in [-0.1, -0.05) is 23.9 Å². The molecule has 0 fully saturated rings. The molecule has 0 aliphatic carbocycles. The van der Waals surface area contributed by atoms with Gasteiger partial charge in [-0.25, -0.2) is 4.39 Å². The molecule has 1 N–H and O–H groups in total. The maximum atomic E-state index is 13.5. The van der Waals surface area contributed by atoms with Crippen LogP contribution in [0.4, 0.5) is 4.39 Å². The maximum Gasteiger partial charge on any atom is 0.137 e. The van der Waals surface area contributed by atoms with Gasteiger partial charge in [0.05, 0.1) is 0 Å². The molecule has 1 aromatic rings. The monoisotopic (exact) mass is 221 g/mol. The summed E-state index contributed by atoms with van der Waals surface area (Å²) in [7, 11) is 0. The summed E-state index contributed by atoms with van der Waals surface area (Å²) >= 11 is 1.46. The molecular formula is C12H12FNS. The minimum absolute atomic E-state index is 0.146. The molecule has 0 saturated heterocycles. The van der Waals surface area contributed by atoms with Crippen LogP contribution >= 0.6 is 11.8 Å². The van der Waals surface area contributed by atoms with E-state index in [-0.39, 0.29) is 5.82 Å². The fourth-order valence-corrected chi connectivity index (χ4v) is 2.18. The van der Waals surface area contributed by atoms with Crippen molar-refractivity contribution < 1.29 is 4.39 Å². The van der Waals surface area contributed by atoms with Gasteiger partial charge in [-0.2, -0.15) is 0 Å². The van der Waals surface area contributed by atoms with Gasteiger partial charge < -0.3 is 5.32 Å². The van der Waals surface area contributed by atoms with Gasteiger partial charge in [-0.05, 0) is 36.9 Å². The van der Waals surface area contributed by atoms with Crippen molar-refractivity contribution in [1.29, 1.82) is 0 Å². The number of allylic oxidation sites excluding steroid dienone is 1. The summed E-state index contributed by atoms with van der Waals surface area (Å²) < 4.78 is 13.5. The molecule has 1 aromatic carbocycles. The lowest BCUT2D eigenvalue weighted by Gasteiger charge is -2.08. The Hall–Kier alpha value is -1.22. The molecule has 0 aromatic heterocycles. The first-order chi connectivity index (χ1) is 7.25. The molecule has 78 valence electrons. The zero-order valence-corrected chi connectivity index (χ0v) is 9.27. The van der Waals surface area contributed by atoms with E-state index in [2.05, 4.69) is 5.32 Å². The lowest BCUT2D eigenvalue weighted by Crippen LogP contribution is -2.07. The topological polar surface area (TPSA) is 12.0 Å². The van der Waals surface area contributed by atoms with E-state index in [1.165, 1.54) is 11.8 Å². The number of halogens is 1. The molecule has 0 unspecified atom stereocenters. The normalized spacial score (nSPS) is 14.7. The molecule has 0 amide bonds. The van der Waals surface area contributed by atoms with Gasteiger partial charge in [0.2, 0.25) is 0 Å². The number of hydrogen-bond donors (Lipinski definition) is 1. The van der Waals surface area contributed by atoms with Crippen molar-refractivity contribution >= 4 is 11.8 Å². The highest BCUT2D eigenvalue weighted by Crippen LogP contribution is 2.30. The lowest BCUT2D eigenvalue weighted by molar-refractivity contribution is 0.601. The smallest absolute Gasteiger partial charge is 0.137 e. The van der Waals surface area contributed by atoms with Gasteiger partial charge in [0.25, 0.3) is 0 Å². The summed E-state index contributed by atoms with van der Waals surface area (Å²) in [6.45, 7) is 2.70. The van der Waals surface area contributed by atoms with Crippen LogP contribution in [-0.4, -0.2) is 6.54 Å². The number of benzene rings is 1. The van der Waals surface area contributed by atoms with Crippen LogP contribution in [0, 0.1) is 12.7 Å². The molecule has 0 radical (unpaired) electrons. The Labute approximate surface area is 93.1 Å². The zero-order valence-electron chi connectivity index (χ0n) is 8.46. The van der Waals surface area contributed by atoms with E-state index in [1.807, 2.05) is 37.4 Å². The van der Waals surface area contributed by atoms with Gasteiger partial charge >= 0.3 is 0 Å². The van der Waals surface area contributed by atoms with Gasteiger partial charge in [-0.3, -0.25) is 0 Å². The molecular weight excluding hydrogens is 209 g/mol. The highest BCUT2D eigenvalue weighted by molar-refractivity contribution is 8.03. The summed E-state index contributed by atoms with van der Waals surface area (Å²) in [5.41, 5.74) is 0.951. The minimum atomic E-state index is -0.146. The summed E-state index contributed by atoms with van der Waals surface area (Å²) in [5.74, 6) is -0.146. The minimum Gasteiger partial charge on any atom is -0.387 e. The van der Waals surface area contributed by atoms with Crippen LogP contribution in [0.15, 0.2) is 46.4 Å². The van der Waals surface area contributed by atoms with Gasteiger partial charge in [0.15, 0.2) is 0 Å². The second-order valence-corrected chi connectivity index (χ2v) is 4.50. The number of thioether (sulfide) groups is 1. The number of hydrogen-bond acceptors (Lipinski definition) is 2. The maximum absolute atomic E-state index is 13.5. The van der Waals surface area contributed by atoms with Crippen molar-refractivity contribution in [3.63, 3.8) is 0 Å². The van der Waals surface area contributed by atoms with Crippen LogP contribution in [0.5, 0.6) is 0 Å². The molecule has 15 heavy (non-hydrogen) atoms. The standard InChI is InChI=1S/C12H12FNS/c1-9-2-3-12(11(13)8-9)15-10-4-6-14-7-5-10/h2-6,8,14H,7H2,1H3. The van der Waals surface area contributed by atoms with E-state index in [1.54, 1.807) is 6.07 Å². The molecule has 1 aliphatic rings. The summed E-state index contributed by atoms with van der Waals surface area (Å²) in [4.78, 5) is 1.76. The summed E-state index contributed by atoms with van der Waals surface area (Å²) in [5, 5.41) is 3.06. The Morgan fingerprint density at radius 1 is 1.40 bits per heavy atom. The Morgan fingerprint density at radius 2 is 2.27 bits per heavy atom. The lowest BCUT2D eigenvalue weighted by atomic mass is 10.2. The van der Waals surface area contributed by atoms with Crippen molar-refractivity contribution in [1.82, 2.24) is 5.32 Å². The molecule has 0 atom stereocenters. The molecule has 0 spiro atoms. The fraction of sp³-hybridized carbons (Fsp3) is 0.167. The van der Waals surface area contributed by atoms with E-state index in [4.69, 9.17) is 0 Å². The van der Waals surface area contributed by atoms with E-state index in [0.29, 0.717) is 4.90 Å². The van der Waals surface area contributed by atoms with E-state index in [0.717, 1.165) is 17.0 Å². The predicted octanol–water partition coefficient (Wildman–Crippen LogP) is 3.23. The first-order valence-corrected chi connectivity index (χ1v) is 5.61. The Bertz CT molecular complexity index is 424. The van der Waals surface area contributed by atoms with Crippen LogP contribution in [-0.2, 0) is 0 Å². The van der Waals surface area contributed by atoms with Crippen LogP contribution in [0.3, 0.4) is 0 Å². The highest BCUT2D eigenvalue weighted by atomic mass is 32.2. The van der Waals surface area contributed by atoms with Gasteiger partial charge in [0, 0.05) is 16.3 Å². The van der Waals surface area contributed by atoms with E-state index < -0.39 is 0 Å². The van der Waals surface area contributed by atoms with Crippen molar-refractivity contribution in [3.8, 4) is 0 Å². The van der Waals surface area contributed by atoms with Crippen LogP contribution in [0.2, 0.25) is 0 Å². The average Bonchev–Trinajstić information content (AvgIpc) is 2.24. The molecule has 1 nitrogen and oxygen atoms in total. The Morgan fingerprint density at radius 3 is 2.93 bits per heavy atom. The van der Waals surface area contributed by atoms with Gasteiger partial charge in [-0.15, -0.1) is 0 Å². The quantitative estimate of drug-likeness (QED) is 0.823. The second kappa shape index (κ2) is 4.53. The third-order valence-corrected chi connectivity index (χ3v) is 3.19. The molecule has 1 aliphatic heterocycles. The third kappa shape index (κ3) is 2.63. The summed E-state index contributed by atoms with van der Waals surface area (Å²) in [6.07, 6.45) is 5.88. The van der Waals surface area contributed by atoms with E-state index in [9.17, 15) is 4.39 Å². The Balaban J connectivity index is 2.17. The largest absolute Gasteiger partial charge is 0.387 e.